The van der Waals surface area contributed by atoms with Gasteiger partial charge in [-0.25, -0.2) is 12.8 Å². The number of hydrogen-bond donors (Lipinski definition) is 1. The first-order valence-corrected chi connectivity index (χ1v) is 11.0. The van der Waals surface area contributed by atoms with Gasteiger partial charge in [-0.15, -0.1) is 0 Å². The van der Waals surface area contributed by atoms with Gasteiger partial charge in [-0.1, -0.05) is 29.3 Å². The van der Waals surface area contributed by atoms with Crippen molar-refractivity contribution in [3.8, 4) is 5.75 Å². The van der Waals surface area contributed by atoms with Crippen molar-refractivity contribution < 1.29 is 26.8 Å². The van der Waals surface area contributed by atoms with Crippen molar-refractivity contribution in [2.24, 2.45) is 0 Å². The Labute approximate surface area is 182 Å². The van der Waals surface area contributed by atoms with Gasteiger partial charge in [-0.3, -0.25) is 4.79 Å². The average Bonchev–Trinajstić information content (AvgIpc) is 3.15. The van der Waals surface area contributed by atoms with Crippen LogP contribution in [0.25, 0.3) is 0 Å². The van der Waals surface area contributed by atoms with E-state index in [1.54, 1.807) is 0 Å². The predicted octanol–water partition coefficient (Wildman–Crippen LogP) is 4.64. The van der Waals surface area contributed by atoms with Crippen molar-refractivity contribution in [2.45, 2.75) is 17.2 Å². The maximum absolute atomic E-state index is 13.1. The summed E-state index contributed by atoms with van der Waals surface area (Å²) in [6.45, 7) is 0.0476. The topological polar surface area (TPSA) is 85.6 Å². The number of benzene rings is 2. The minimum atomic E-state index is -3.84. The van der Waals surface area contributed by atoms with Crippen LogP contribution < -0.4 is 10.1 Å². The second kappa shape index (κ2) is 9.07. The number of methoxy groups -OCH3 is 1. The molecule has 30 heavy (non-hydrogen) atoms. The van der Waals surface area contributed by atoms with E-state index in [-0.39, 0.29) is 38.8 Å². The number of ether oxygens (including phenoxy) is 1. The van der Waals surface area contributed by atoms with Crippen molar-refractivity contribution >= 4 is 38.9 Å². The van der Waals surface area contributed by atoms with Crippen LogP contribution in [0.4, 0.5) is 4.39 Å². The van der Waals surface area contributed by atoms with Gasteiger partial charge in [-0.05, 0) is 48.0 Å². The van der Waals surface area contributed by atoms with Gasteiger partial charge in [0.1, 0.15) is 28.0 Å². The standard InChI is InChI=1S/C20H16Cl2FNO5S/c1-28-17-6-3-13(21)8-19(17)30(26,27)11-15-5-7-18(29-15)20(25)24-10-12-2-4-14(23)9-16(12)22/h2-9H,10-11H2,1H3,(H,24,25). The van der Waals surface area contributed by atoms with Crippen LogP contribution in [0.5, 0.6) is 5.75 Å². The zero-order valence-electron chi connectivity index (χ0n) is 15.6. The maximum atomic E-state index is 13.1. The Morgan fingerprint density at radius 3 is 2.60 bits per heavy atom. The third-order valence-corrected chi connectivity index (χ3v) is 6.37. The van der Waals surface area contributed by atoms with Crippen molar-refractivity contribution in [3.63, 3.8) is 0 Å². The summed E-state index contributed by atoms with van der Waals surface area (Å²) in [4.78, 5) is 12.2. The highest BCUT2D eigenvalue weighted by Crippen LogP contribution is 2.30. The monoisotopic (exact) mass is 471 g/mol. The molecule has 0 aliphatic carbocycles. The average molecular weight is 472 g/mol. The maximum Gasteiger partial charge on any atom is 0.287 e. The molecular formula is C20H16Cl2FNO5S. The van der Waals surface area contributed by atoms with Crippen LogP contribution in [0.15, 0.2) is 57.8 Å². The van der Waals surface area contributed by atoms with E-state index in [1.165, 1.54) is 49.6 Å². The molecule has 6 nitrogen and oxygen atoms in total. The Balaban J connectivity index is 1.71. The first-order valence-electron chi connectivity index (χ1n) is 8.57. The molecule has 3 aromatic rings. The zero-order valence-corrected chi connectivity index (χ0v) is 17.9. The fourth-order valence-corrected chi connectivity index (χ4v) is 4.58. The molecule has 0 spiro atoms. The van der Waals surface area contributed by atoms with Crippen molar-refractivity contribution in [1.29, 1.82) is 0 Å². The highest BCUT2D eigenvalue weighted by molar-refractivity contribution is 7.90. The second-order valence-corrected chi connectivity index (χ2v) is 9.04. The number of hydrogen-bond acceptors (Lipinski definition) is 5. The molecule has 0 bridgehead atoms. The normalized spacial score (nSPS) is 11.3. The quantitative estimate of drug-likeness (QED) is 0.542. The van der Waals surface area contributed by atoms with Crippen LogP contribution in [0.2, 0.25) is 10.0 Å². The summed E-state index contributed by atoms with van der Waals surface area (Å²) >= 11 is 11.8. The lowest BCUT2D eigenvalue weighted by molar-refractivity contribution is 0.0921. The van der Waals surface area contributed by atoms with Gasteiger partial charge in [0.05, 0.1) is 7.11 Å². The summed E-state index contributed by atoms with van der Waals surface area (Å²) in [7, 11) is -2.49. The predicted molar refractivity (Wildman–Crippen MR) is 110 cm³/mol. The molecule has 158 valence electrons. The van der Waals surface area contributed by atoms with Crippen LogP contribution >= 0.6 is 23.2 Å². The molecule has 1 heterocycles. The number of carbonyl (C=O) groups excluding carboxylic acids is 1. The lowest BCUT2D eigenvalue weighted by Gasteiger charge is -2.09. The van der Waals surface area contributed by atoms with E-state index in [4.69, 9.17) is 32.4 Å². The molecule has 2 aromatic carbocycles. The number of nitrogens with one attached hydrogen (secondary N) is 1. The molecule has 0 atom stereocenters. The molecule has 0 radical (unpaired) electrons. The number of rotatable bonds is 7. The molecular weight excluding hydrogens is 456 g/mol. The molecule has 0 unspecified atom stereocenters. The summed E-state index contributed by atoms with van der Waals surface area (Å²) in [6, 6.07) is 10.8. The Bertz CT molecular complexity index is 1190. The lowest BCUT2D eigenvalue weighted by Crippen LogP contribution is -2.22. The van der Waals surface area contributed by atoms with Crippen molar-refractivity contribution in [3.05, 3.63) is 81.5 Å². The van der Waals surface area contributed by atoms with Crippen LogP contribution in [0, 0.1) is 5.82 Å². The smallest absolute Gasteiger partial charge is 0.287 e. The van der Waals surface area contributed by atoms with Gasteiger partial charge >= 0.3 is 0 Å². The zero-order chi connectivity index (χ0) is 21.9. The summed E-state index contributed by atoms with van der Waals surface area (Å²) in [6.07, 6.45) is 0. The Kier molecular flexibility index (Phi) is 6.70. The Morgan fingerprint density at radius 2 is 1.90 bits per heavy atom. The van der Waals surface area contributed by atoms with Crippen LogP contribution in [0.1, 0.15) is 21.9 Å². The third kappa shape index (κ3) is 5.13. The van der Waals surface area contributed by atoms with Crippen LogP contribution in [-0.2, 0) is 22.1 Å². The van der Waals surface area contributed by atoms with E-state index < -0.39 is 27.3 Å². The van der Waals surface area contributed by atoms with Crippen LogP contribution in [-0.4, -0.2) is 21.4 Å². The van der Waals surface area contributed by atoms with Crippen molar-refractivity contribution in [1.82, 2.24) is 5.32 Å². The largest absolute Gasteiger partial charge is 0.495 e. The number of carbonyl (C=O) groups is 1. The fourth-order valence-electron chi connectivity index (χ4n) is 2.66. The number of amides is 1. The summed E-state index contributed by atoms with van der Waals surface area (Å²) in [5, 5.41) is 3.00. The number of sulfone groups is 1. The van der Waals surface area contributed by atoms with E-state index in [9.17, 15) is 17.6 Å². The van der Waals surface area contributed by atoms with Crippen LogP contribution in [0.3, 0.4) is 0 Å². The van der Waals surface area contributed by atoms with Crippen molar-refractivity contribution in [2.75, 3.05) is 7.11 Å². The Morgan fingerprint density at radius 1 is 1.13 bits per heavy atom. The molecule has 0 aliphatic heterocycles. The third-order valence-electron chi connectivity index (χ3n) is 4.13. The molecule has 0 saturated carbocycles. The highest BCUT2D eigenvalue weighted by atomic mass is 35.5. The number of furan rings is 1. The SMILES string of the molecule is COc1ccc(Cl)cc1S(=O)(=O)Cc1ccc(C(=O)NCc2ccc(F)cc2Cl)o1. The van der Waals surface area contributed by atoms with Gasteiger partial charge in [0.2, 0.25) is 0 Å². The first-order chi connectivity index (χ1) is 14.2. The molecule has 1 aromatic heterocycles. The highest BCUT2D eigenvalue weighted by Gasteiger charge is 2.23. The van der Waals surface area contributed by atoms with E-state index in [2.05, 4.69) is 5.32 Å². The van der Waals surface area contributed by atoms with Gasteiger partial charge < -0.3 is 14.5 Å². The minimum Gasteiger partial charge on any atom is -0.495 e. The molecule has 10 heteroatoms. The van der Waals surface area contributed by atoms with E-state index in [0.29, 0.717) is 5.56 Å². The second-order valence-electron chi connectivity index (χ2n) is 6.24. The first kappa shape index (κ1) is 22.1. The van der Waals surface area contributed by atoms with Gasteiger partial charge in [0, 0.05) is 16.6 Å². The van der Waals surface area contributed by atoms with E-state index in [1.807, 2.05) is 0 Å². The summed E-state index contributed by atoms with van der Waals surface area (Å²) in [5.74, 6) is -1.39. The lowest BCUT2D eigenvalue weighted by atomic mass is 10.2. The minimum absolute atomic E-state index is 0.0476. The van der Waals surface area contributed by atoms with Gasteiger partial charge in [0.25, 0.3) is 5.91 Å². The van der Waals surface area contributed by atoms with Gasteiger partial charge in [-0.2, -0.15) is 0 Å². The fraction of sp³-hybridized carbons (Fsp3) is 0.150. The number of halogens is 3. The molecule has 0 saturated heterocycles. The molecule has 1 amide bonds. The summed E-state index contributed by atoms with van der Waals surface area (Å²) < 4.78 is 49.1. The van der Waals surface area contributed by atoms with E-state index in [0.717, 1.165) is 6.07 Å². The molecule has 1 N–H and O–H groups in total. The molecule has 3 rings (SSSR count). The van der Waals surface area contributed by atoms with E-state index >= 15 is 0 Å². The van der Waals surface area contributed by atoms with Gasteiger partial charge in [0.15, 0.2) is 15.6 Å². The Hall–Kier alpha value is -2.55. The molecule has 0 fully saturated rings. The summed E-state index contributed by atoms with van der Waals surface area (Å²) in [5.41, 5.74) is 0.522. The molecule has 0 aliphatic rings.